The van der Waals surface area contributed by atoms with Crippen molar-refractivity contribution in [3.63, 3.8) is 0 Å². The van der Waals surface area contributed by atoms with Crippen molar-refractivity contribution in [2.45, 2.75) is 19.0 Å². The summed E-state index contributed by atoms with van der Waals surface area (Å²) >= 11 is 6.11. The van der Waals surface area contributed by atoms with Crippen molar-refractivity contribution in [1.29, 1.82) is 0 Å². The number of methoxy groups -OCH3 is 1. The van der Waals surface area contributed by atoms with Crippen molar-refractivity contribution in [3.05, 3.63) is 76.5 Å². The normalized spacial score (nSPS) is 15.9. The van der Waals surface area contributed by atoms with E-state index in [0.717, 1.165) is 6.08 Å². The molecule has 2 aromatic carbocycles. The second kappa shape index (κ2) is 10.7. The number of carbonyl (C=O) groups excluding carboxylic acids is 2. The number of para-hydroxylation sites is 1. The fraction of sp³-hybridized carbons (Fsp3) is 0.292. The monoisotopic (exact) mass is 493 g/mol. The van der Waals surface area contributed by atoms with Crippen LogP contribution in [0.5, 0.6) is 0 Å². The average Bonchev–Trinajstić information content (AvgIpc) is 2.83. The molecular formula is C24H23ClF3N3O3. The van der Waals surface area contributed by atoms with E-state index in [4.69, 9.17) is 22.1 Å². The summed E-state index contributed by atoms with van der Waals surface area (Å²) in [6.45, 7) is 0.814. The fourth-order valence-corrected chi connectivity index (χ4v) is 3.71. The van der Waals surface area contributed by atoms with Gasteiger partial charge in [-0.2, -0.15) is 13.2 Å². The van der Waals surface area contributed by atoms with Gasteiger partial charge in [0.05, 0.1) is 29.4 Å². The molecule has 1 heterocycles. The van der Waals surface area contributed by atoms with Gasteiger partial charge in [0.2, 0.25) is 0 Å². The number of aliphatic imine (C=N–C) groups is 1. The Morgan fingerprint density at radius 3 is 2.24 bits per heavy atom. The average molecular weight is 494 g/mol. The maximum atomic E-state index is 13.1. The van der Waals surface area contributed by atoms with E-state index in [1.165, 1.54) is 31.4 Å². The molecule has 0 radical (unpaired) electrons. The number of nitrogens with two attached hydrogens (primary N) is 1. The van der Waals surface area contributed by atoms with E-state index in [2.05, 4.69) is 4.99 Å². The molecule has 0 saturated carbocycles. The summed E-state index contributed by atoms with van der Waals surface area (Å²) in [5, 5.41) is 0.265. The van der Waals surface area contributed by atoms with Crippen LogP contribution in [0.15, 0.2) is 65.3 Å². The molecule has 2 aromatic rings. The van der Waals surface area contributed by atoms with Gasteiger partial charge in [-0.15, -0.1) is 0 Å². The summed E-state index contributed by atoms with van der Waals surface area (Å²) in [6.07, 6.45) is -2.98. The maximum absolute atomic E-state index is 13.1. The Bertz CT molecular complexity index is 1110. The molecule has 0 unspecified atom stereocenters. The van der Waals surface area contributed by atoms with Crippen molar-refractivity contribution in [1.82, 2.24) is 4.90 Å². The Kier molecular flexibility index (Phi) is 7.98. The number of likely N-dealkylation sites (tertiary alicyclic amines) is 1. The first kappa shape index (κ1) is 25.3. The third kappa shape index (κ3) is 6.17. The zero-order valence-electron chi connectivity index (χ0n) is 18.3. The molecule has 6 nitrogen and oxygen atoms in total. The first-order chi connectivity index (χ1) is 16.1. The van der Waals surface area contributed by atoms with E-state index in [-0.39, 0.29) is 34.2 Å². The van der Waals surface area contributed by atoms with Crippen LogP contribution in [0.1, 0.15) is 28.8 Å². The molecule has 0 atom stereocenters. The molecule has 34 heavy (non-hydrogen) atoms. The molecular weight excluding hydrogens is 471 g/mol. The topological polar surface area (TPSA) is 85.0 Å². The Morgan fingerprint density at radius 1 is 1.09 bits per heavy atom. The lowest BCUT2D eigenvalue weighted by molar-refractivity contribution is -0.146. The molecule has 0 spiro atoms. The van der Waals surface area contributed by atoms with Gasteiger partial charge in [-0.3, -0.25) is 9.59 Å². The van der Waals surface area contributed by atoms with Gasteiger partial charge in [-0.1, -0.05) is 35.9 Å². The van der Waals surface area contributed by atoms with Crippen LogP contribution in [-0.4, -0.2) is 48.9 Å². The van der Waals surface area contributed by atoms with Crippen LogP contribution in [0.2, 0.25) is 5.02 Å². The second-order valence-electron chi connectivity index (χ2n) is 7.71. The highest BCUT2D eigenvalue weighted by Gasteiger charge is 2.32. The van der Waals surface area contributed by atoms with Crippen LogP contribution >= 0.6 is 11.6 Å². The van der Waals surface area contributed by atoms with Gasteiger partial charge in [0.15, 0.2) is 0 Å². The first-order valence-electron chi connectivity index (χ1n) is 10.4. The van der Waals surface area contributed by atoms with E-state index >= 15 is 0 Å². The number of carbonyl (C=O) groups is 2. The van der Waals surface area contributed by atoms with E-state index < -0.39 is 11.9 Å². The van der Waals surface area contributed by atoms with Crippen molar-refractivity contribution in [2.75, 3.05) is 20.2 Å². The lowest BCUT2D eigenvalue weighted by atomic mass is 9.96. The summed E-state index contributed by atoms with van der Waals surface area (Å²) in [5.74, 6) is -0.747. The lowest BCUT2D eigenvalue weighted by Crippen LogP contribution is -2.40. The van der Waals surface area contributed by atoms with Crippen LogP contribution in [0.25, 0.3) is 0 Å². The lowest BCUT2D eigenvalue weighted by Gasteiger charge is -2.30. The Balaban J connectivity index is 1.85. The molecule has 1 aliphatic rings. The maximum Gasteiger partial charge on any atom is 0.430 e. The highest BCUT2D eigenvalue weighted by molar-refractivity contribution is 6.33. The molecule has 2 N–H and O–H groups in total. The Labute approximate surface area is 199 Å². The van der Waals surface area contributed by atoms with Crippen molar-refractivity contribution < 1.29 is 27.5 Å². The molecule has 180 valence electrons. The minimum atomic E-state index is -4.73. The van der Waals surface area contributed by atoms with E-state index in [0.29, 0.717) is 37.1 Å². The van der Waals surface area contributed by atoms with Gasteiger partial charge in [-0.25, -0.2) is 4.99 Å². The Hall–Kier alpha value is -3.33. The minimum absolute atomic E-state index is 0.0548. The van der Waals surface area contributed by atoms with Gasteiger partial charge >= 0.3 is 12.1 Å². The molecule has 1 amide bonds. The third-order valence-corrected chi connectivity index (χ3v) is 5.78. The number of nitrogens with zero attached hydrogens (tertiary/aromatic N) is 2. The molecule has 0 aliphatic carbocycles. The number of halogens is 4. The number of ether oxygens (including phenoxy) is 1. The summed E-state index contributed by atoms with van der Waals surface area (Å²) in [5.41, 5.74) is 4.83. The van der Waals surface area contributed by atoms with E-state index in [9.17, 15) is 22.8 Å². The smallest absolute Gasteiger partial charge is 0.430 e. The van der Waals surface area contributed by atoms with Gasteiger partial charge in [-0.05, 0) is 43.2 Å². The summed E-state index contributed by atoms with van der Waals surface area (Å²) < 4.78 is 44.0. The quantitative estimate of drug-likeness (QED) is 0.474. The van der Waals surface area contributed by atoms with Gasteiger partial charge < -0.3 is 15.4 Å². The predicted molar refractivity (Wildman–Crippen MR) is 123 cm³/mol. The highest BCUT2D eigenvalue weighted by atomic mass is 35.5. The van der Waals surface area contributed by atoms with Crippen LogP contribution in [-0.2, 0) is 9.53 Å². The van der Waals surface area contributed by atoms with E-state index in [1.807, 2.05) is 0 Å². The Morgan fingerprint density at radius 2 is 1.68 bits per heavy atom. The molecule has 1 saturated heterocycles. The number of amides is 1. The number of allylic oxidation sites excluding steroid dienone is 2. The molecule has 3 rings (SSSR count). The van der Waals surface area contributed by atoms with Crippen molar-refractivity contribution in [2.24, 2.45) is 16.6 Å². The van der Waals surface area contributed by atoms with Crippen LogP contribution in [0, 0.1) is 5.92 Å². The summed E-state index contributed by atoms with van der Waals surface area (Å²) in [4.78, 5) is 30.4. The molecule has 1 fully saturated rings. The first-order valence-corrected chi connectivity index (χ1v) is 10.8. The predicted octanol–water partition coefficient (Wildman–Crippen LogP) is 4.89. The number of benzene rings is 2. The number of hydrogen-bond donors (Lipinski definition) is 1. The van der Waals surface area contributed by atoms with Crippen molar-refractivity contribution in [3.8, 4) is 0 Å². The second-order valence-corrected chi connectivity index (χ2v) is 8.12. The van der Waals surface area contributed by atoms with Crippen molar-refractivity contribution >= 4 is 34.9 Å². The molecule has 0 aromatic heterocycles. The standard InChI is InChI=1S/C24H23ClF3N3O3/c1-34-23(33)17-10-12-31(13-11-17)22(32)16-8-6-15(7-9-16)20(14-21(29)24(26,27)28)30-19-5-3-2-4-18(19)25/h2-9,14,17H,10-13,29H2,1H3. The van der Waals surface area contributed by atoms with Crippen LogP contribution < -0.4 is 5.73 Å². The largest absolute Gasteiger partial charge is 0.469 e. The number of piperidine rings is 1. The molecule has 10 heteroatoms. The fourth-order valence-electron chi connectivity index (χ4n) is 3.53. The third-order valence-electron chi connectivity index (χ3n) is 5.46. The highest BCUT2D eigenvalue weighted by Crippen LogP contribution is 2.27. The van der Waals surface area contributed by atoms with Gasteiger partial charge in [0.1, 0.15) is 5.70 Å². The van der Waals surface area contributed by atoms with Gasteiger partial charge in [0.25, 0.3) is 5.91 Å². The minimum Gasteiger partial charge on any atom is -0.469 e. The number of alkyl halides is 3. The number of esters is 1. The van der Waals surface area contributed by atoms with Crippen LogP contribution in [0.3, 0.4) is 0 Å². The summed E-state index contributed by atoms with van der Waals surface area (Å²) in [7, 11) is 1.34. The summed E-state index contributed by atoms with van der Waals surface area (Å²) in [6, 6.07) is 12.5. The SMILES string of the molecule is COC(=O)C1CCN(C(=O)c2ccc(C(C=C(N)C(F)(F)F)=Nc3ccccc3Cl)cc2)CC1. The molecule has 0 bridgehead atoms. The number of rotatable bonds is 5. The zero-order chi connectivity index (χ0) is 24.9. The van der Waals surface area contributed by atoms with Crippen LogP contribution in [0.4, 0.5) is 18.9 Å². The van der Waals surface area contributed by atoms with E-state index in [1.54, 1.807) is 29.2 Å². The number of hydrogen-bond acceptors (Lipinski definition) is 5. The molecule has 1 aliphatic heterocycles. The van der Waals surface area contributed by atoms with Gasteiger partial charge in [0, 0.05) is 24.2 Å². The zero-order valence-corrected chi connectivity index (χ0v) is 19.1.